The Balaban J connectivity index is 2.39. The summed E-state index contributed by atoms with van der Waals surface area (Å²) in [4.78, 5) is 0. The van der Waals surface area contributed by atoms with Crippen molar-refractivity contribution in [3.8, 4) is 0 Å². The first-order valence-electron chi connectivity index (χ1n) is 4.13. The average molecular weight is 126 g/mol. The summed E-state index contributed by atoms with van der Waals surface area (Å²) in [5.41, 5.74) is 0. The zero-order valence-corrected chi connectivity index (χ0v) is 7.02. The van der Waals surface area contributed by atoms with Gasteiger partial charge in [-0.2, -0.15) is 0 Å². The molecule has 0 heteroatoms. The maximum absolute atomic E-state index is 2.38. The molecule has 0 aliphatic heterocycles. The van der Waals surface area contributed by atoms with Gasteiger partial charge in [-0.25, -0.2) is 0 Å². The van der Waals surface area contributed by atoms with Gasteiger partial charge >= 0.3 is 0 Å². The summed E-state index contributed by atoms with van der Waals surface area (Å²) in [6, 6.07) is 0. The van der Waals surface area contributed by atoms with Crippen molar-refractivity contribution < 1.29 is 0 Å². The van der Waals surface area contributed by atoms with Crippen LogP contribution in [0.2, 0.25) is 0 Å². The highest BCUT2D eigenvalue weighted by molar-refractivity contribution is 4.85. The minimum atomic E-state index is 0.906. The van der Waals surface area contributed by atoms with Crippen molar-refractivity contribution in [3.63, 3.8) is 0 Å². The number of rotatable bonds is 1. The molecule has 1 aliphatic rings. The molecule has 0 aromatic carbocycles. The summed E-state index contributed by atoms with van der Waals surface area (Å²) < 4.78 is 0. The Kier molecular flexibility index (Phi) is 1.83. The molecule has 0 N–H and O–H groups in total. The fourth-order valence-corrected chi connectivity index (χ4v) is 2.58. The third-order valence-corrected chi connectivity index (χ3v) is 2.83. The lowest BCUT2D eigenvalue weighted by Crippen LogP contribution is -2.36. The van der Waals surface area contributed by atoms with Crippen molar-refractivity contribution in [2.45, 2.75) is 34.1 Å². The summed E-state index contributed by atoms with van der Waals surface area (Å²) in [5.74, 6) is 3.92. The van der Waals surface area contributed by atoms with E-state index in [9.17, 15) is 0 Å². The molecule has 1 unspecified atom stereocenters. The second-order valence-electron chi connectivity index (χ2n) is 4.01. The van der Waals surface area contributed by atoms with E-state index in [4.69, 9.17) is 0 Å². The molecule has 0 bridgehead atoms. The third kappa shape index (κ3) is 1.12. The van der Waals surface area contributed by atoms with E-state index in [0.717, 1.165) is 23.7 Å². The van der Waals surface area contributed by atoms with Crippen LogP contribution in [0.5, 0.6) is 0 Å². The predicted molar refractivity (Wildman–Crippen MR) is 41.3 cm³/mol. The average Bonchev–Trinajstić information content (AvgIpc) is 1.62. The Morgan fingerprint density at radius 1 is 1.11 bits per heavy atom. The van der Waals surface area contributed by atoms with Crippen LogP contribution in [0, 0.1) is 23.7 Å². The minimum Gasteiger partial charge on any atom is -0.0625 e. The Hall–Kier alpha value is 0. The van der Waals surface area contributed by atoms with Crippen molar-refractivity contribution in [1.82, 2.24) is 0 Å². The van der Waals surface area contributed by atoms with Crippen LogP contribution in [-0.4, -0.2) is 0 Å². The van der Waals surface area contributed by atoms with Crippen LogP contribution >= 0.6 is 0 Å². The second-order valence-corrected chi connectivity index (χ2v) is 4.01. The summed E-state index contributed by atoms with van der Waals surface area (Å²) in [6.07, 6.45) is 1.46. The van der Waals surface area contributed by atoms with Crippen molar-refractivity contribution in [3.05, 3.63) is 0 Å². The van der Waals surface area contributed by atoms with E-state index in [1.807, 2.05) is 0 Å². The van der Waals surface area contributed by atoms with Gasteiger partial charge in [-0.15, -0.1) is 0 Å². The molecule has 0 spiro atoms. The van der Waals surface area contributed by atoms with Gasteiger partial charge in [0.1, 0.15) is 0 Å². The van der Waals surface area contributed by atoms with E-state index in [1.54, 1.807) is 0 Å². The van der Waals surface area contributed by atoms with Crippen LogP contribution in [0.3, 0.4) is 0 Å². The summed E-state index contributed by atoms with van der Waals surface area (Å²) in [6.45, 7) is 9.45. The molecule has 1 saturated carbocycles. The largest absolute Gasteiger partial charge is 0.0625 e. The first kappa shape index (κ1) is 7.11. The highest BCUT2D eigenvalue weighted by Crippen LogP contribution is 2.43. The highest BCUT2D eigenvalue weighted by atomic mass is 14.4. The molecule has 54 valence electrons. The van der Waals surface area contributed by atoms with Crippen LogP contribution in [0.15, 0.2) is 0 Å². The molecule has 0 nitrogen and oxygen atoms in total. The van der Waals surface area contributed by atoms with Gasteiger partial charge in [0.2, 0.25) is 0 Å². The van der Waals surface area contributed by atoms with Crippen molar-refractivity contribution in [2.75, 3.05) is 0 Å². The third-order valence-electron chi connectivity index (χ3n) is 2.83. The van der Waals surface area contributed by atoms with Gasteiger partial charge in [-0.3, -0.25) is 0 Å². The fraction of sp³-hybridized carbons (Fsp3) is 1.00. The lowest BCUT2D eigenvalue weighted by atomic mass is 9.62. The van der Waals surface area contributed by atoms with Crippen LogP contribution < -0.4 is 0 Å². The van der Waals surface area contributed by atoms with E-state index in [1.165, 1.54) is 6.42 Å². The van der Waals surface area contributed by atoms with Gasteiger partial charge in [0.05, 0.1) is 0 Å². The van der Waals surface area contributed by atoms with E-state index in [0.29, 0.717) is 0 Å². The Morgan fingerprint density at radius 2 is 1.56 bits per heavy atom. The molecule has 0 saturated heterocycles. The molecule has 0 aromatic heterocycles. The molecule has 9 heavy (non-hydrogen) atoms. The fourth-order valence-electron chi connectivity index (χ4n) is 2.58. The van der Waals surface area contributed by atoms with E-state index < -0.39 is 0 Å². The van der Waals surface area contributed by atoms with E-state index in [2.05, 4.69) is 27.7 Å². The normalized spacial score (nSPS) is 43.0. The molecule has 3 atom stereocenters. The van der Waals surface area contributed by atoms with Crippen molar-refractivity contribution in [1.29, 1.82) is 0 Å². The Bertz CT molecular complexity index is 79.5. The highest BCUT2D eigenvalue weighted by Gasteiger charge is 2.36. The molecule has 1 rings (SSSR count). The maximum atomic E-state index is 2.38. The lowest BCUT2D eigenvalue weighted by Gasteiger charge is -2.44. The minimum absolute atomic E-state index is 0.906. The SMILES string of the molecule is CC(C)C1[C@H](C)C[C@@H]1C. The monoisotopic (exact) mass is 126 g/mol. The molecule has 0 amide bonds. The van der Waals surface area contributed by atoms with Crippen molar-refractivity contribution >= 4 is 0 Å². The molecule has 0 aromatic rings. The predicted octanol–water partition coefficient (Wildman–Crippen LogP) is 2.93. The number of hydrogen-bond donors (Lipinski definition) is 0. The summed E-state index contributed by atoms with van der Waals surface area (Å²) in [7, 11) is 0. The Morgan fingerprint density at radius 3 is 1.67 bits per heavy atom. The van der Waals surface area contributed by atoms with Crippen LogP contribution in [0.4, 0.5) is 0 Å². The zero-order valence-electron chi connectivity index (χ0n) is 7.02. The molecular weight excluding hydrogens is 108 g/mol. The van der Waals surface area contributed by atoms with Crippen LogP contribution in [-0.2, 0) is 0 Å². The summed E-state index contributed by atoms with van der Waals surface area (Å²) >= 11 is 0. The number of hydrogen-bond acceptors (Lipinski definition) is 0. The second kappa shape index (κ2) is 2.32. The topological polar surface area (TPSA) is 0 Å². The standard InChI is InChI=1S/C9H18/c1-6(2)9-7(3)5-8(9)4/h6-9H,5H2,1-4H3/t7-,8+,9?. The van der Waals surface area contributed by atoms with Crippen LogP contribution in [0.1, 0.15) is 34.1 Å². The molecule has 0 heterocycles. The Labute approximate surface area is 58.7 Å². The van der Waals surface area contributed by atoms with E-state index in [-0.39, 0.29) is 0 Å². The first-order chi connectivity index (χ1) is 4.13. The van der Waals surface area contributed by atoms with Crippen LogP contribution in [0.25, 0.3) is 0 Å². The first-order valence-corrected chi connectivity index (χ1v) is 4.13. The summed E-state index contributed by atoms with van der Waals surface area (Å²) in [5, 5.41) is 0. The van der Waals surface area contributed by atoms with E-state index >= 15 is 0 Å². The van der Waals surface area contributed by atoms with Gasteiger partial charge in [-0.05, 0) is 30.1 Å². The smallest absolute Gasteiger partial charge is 0.0339 e. The zero-order chi connectivity index (χ0) is 7.02. The van der Waals surface area contributed by atoms with Gasteiger partial charge < -0.3 is 0 Å². The van der Waals surface area contributed by atoms with Gasteiger partial charge in [-0.1, -0.05) is 27.7 Å². The maximum Gasteiger partial charge on any atom is -0.0339 e. The lowest BCUT2D eigenvalue weighted by molar-refractivity contribution is 0.0570. The van der Waals surface area contributed by atoms with Gasteiger partial charge in [0, 0.05) is 0 Å². The van der Waals surface area contributed by atoms with Gasteiger partial charge in [0.25, 0.3) is 0 Å². The molecular formula is C9H18. The molecule has 1 fully saturated rings. The van der Waals surface area contributed by atoms with Gasteiger partial charge in [0.15, 0.2) is 0 Å². The quantitative estimate of drug-likeness (QED) is 0.506. The molecule has 1 aliphatic carbocycles. The molecule has 0 radical (unpaired) electrons. The van der Waals surface area contributed by atoms with Crippen molar-refractivity contribution in [2.24, 2.45) is 23.7 Å².